The first-order chi connectivity index (χ1) is 10.1. The van der Waals surface area contributed by atoms with Crippen molar-refractivity contribution in [3.05, 3.63) is 30.1 Å². The molecule has 2 heterocycles. The van der Waals surface area contributed by atoms with Gasteiger partial charge in [-0.25, -0.2) is 0 Å². The van der Waals surface area contributed by atoms with Crippen molar-refractivity contribution in [1.82, 2.24) is 20.1 Å². The predicted molar refractivity (Wildman–Crippen MR) is 79.9 cm³/mol. The molecule has 0 aliphatic carbocycles. The number of nitrogens with zero attached hydrogens (tertiary/aromatic N) is 3. The zero-order valence-electron chi connectivity index (χ0n) is 12.6. The maximum absolute atomic E-state index is 12.3. The Morgan fingerprint density at radius 2 is 2.00 bits per heavy atom. The number of carbonyl (C=O) groups is 2. The number of pyridine rings is 1. The number of aromatic nitrogens is 1. The summed E-state index contributed by atoms with van der Waals surface area (Å²) in [5.74, 6) is 0.0476. The fourth-order valence-corrected chi connectivity index (χ4v) is 2.35. The number of rotatable bonds is 4. The van der Waals surface area contributed by atoms with E-state index in [1.165, 1.54) is 0 Å². The van der Waals surface area contributed by atoms with Gasteiger partial charge < -0.3 is 10.2 Å². The molecule has 2 rings (SSSR count). The summed E-state index contributed by atoms with van der Waals surface area (Å²) in [6.07, 6.45) is 3.24. The fraction of sp³-hybridized carbons (Fsp3) is 0.533. The molecule has 1 aliphatic rings. The second-order valence-corrected chi connectivity index (χ2v) is 5.53. The van der Waals surface area contributed by atoms with Gasteiger partial charge in [-0.1, -0.05) is 0 Å². The molecule has 1 aromatic heterocycles. The van der Waals surface area contributed by atoms with E-state index in [0.29, 0.717) is 25.2 Å². The Kier molecular flexibility index (Phi) is 5.27. The van der Waals surface area contributed by atoms with Gasteiger partial charge in [-0.15, -0.1) is 0 Å². The Hall–Kier alpha value is -1.95. The van der Waals surface area contributed by atoms with Gasteiger partial charge in [-0.2, -0.15) is 0 Å². The summed E-state index contributed by atoms with van der Waals surface area (Å²) >= 11 is 0. The monoisotopic (exact) mass is 290 g/mol. The Morgan fingerprint density at radius 3 is 2.57 bits per heavy atom. The summed E-state index contributed by atoms with van der Waals surface area (Å²) in [5.41, 5.74) is 0.614. The highest BCUT2D eigenvalue weighted by Gasteiger charge is 2.23. The zero-order chi connectivity index (χ0) is 15.2. The van der Waals surface area contributed by atoms with E-state index in [1.807, 2.05) is 18.7 Å². The highest BCUT2D eigenvalue weighted by atomic mass is 16.2. The van der Waals surface area contributed by atoms with E-state index in [1.54, 1.807) is 24.5 Å². The van der Waals surface area contributed by atoms with Crippen LogP contribution in [-0.4, -0.2) is 65.4 Å². The summed E-state index contributed by atoms with van der Waals surface area (Å²) in [6, 6.07) is 3.70. The number of hydrogen-bond acceptors (Lipinski definition) is 4. The first-order valence-electron chi connectivity index (χ1n) is 7.27. The Morgan fingerprint density at radius 1 is 1.29 bits per heavy atom. The van der Waals surface area contributed by atoms with Crippen molar-refractivity contribution >= 4 is 11.8 Å². The summed E-state index contributed by atoms with van der Waals surface area (Å²) < 4.78 is 0. The highest BCUT2D eigenvalue weighted by molar-refractivity contribution is 5.93. The molecule has 0 bridgehead atoms. The molecule has 0 saturated carbocycles. The third-order valence-electron chi connectivity index (χ3n) is 3.38. The van der Waals surface area contributed by atoms with E-state index in [4.69, 9.17) is 0 Å². The van der Waals surface area contributed by atoms with Crippen molar-refractivity contribution in [2.75, 3.05) is 32.7 Å². The summed E-state index contributed by atoms with van der Waals surface area (Å²) in [7, 11) is 0. The molecule has 0 aromatic carbocycles. The molecule has 6 heteroatoms. The van der Waals surface area contributed by atoms with Crippen molar-refractivity contribution in [3.63, 3.8) is 0 Å². The van der Waals surface area contributed by atoms with E-state index in [2.05, 4.69) is 15.2 Å². The van der Waals surface area contributed by atoms with Gasteiger partial charge in [0.05, 0.1) is 12.1 Å². The number of nitrogens with one attached hydrogen (secondary N) is 1. The average molecular weight is 290 g/mol. The standard InChI is InChI=1S/C15H22N4O2/c1-12(2)17-14(20)11-18-6-8-19(9-7-18)15(21)13-4-3-5-16-10-13/h3-5,10,12H,6-9,11H2,1-2H3,(H,17,20). The van der Waals surface area contributed by atoms with Crippen LogP contribution in [-0.2, 0) is 4.79 Å². The van der Waals surface area contributed by atoms with Crippen molar-refractivity contribution in [2.45, 2.75) is 19.9 Å². The van der Waals surface area contributed by atoms with Crippen LogP contribution in [0.3, 0.4) is 0 Å². The Labute approximate surface area is 125 Å². The number of piperazine rings is 1. The summed E-state index contributed by atoms with van der Waals surface area (Å²) in [6.45, 7) is 7.01. The lowest BCUT2D eigenvalue weighted by molar-refractivity contribution is -0.123. The molecule has 114 valence electrons. The molecular weight excluding hydrogens is 268 g/mol. The minimum absolute atomic E-state index is 0.00869. The van der Waals surface area contributed by atoms with Crippen LogP contribution < -0.4 is 5.32 Å². The van der Waals surface area contributed by atoms with E-state index < -0.39 is 0 Å². The fourth-order valence-electron chi connectivity index (χ4n) is 2.35. The van der Waals surface area contributed by atoms with Crippen LogP contribution in [0.2, 0.25) is 0 Å². The maximum Gasteiger partial charge on any atom is 0.255 e. The summed E-state index contributed by atoms with van der Waals surface area (Å²) in [5, 5.41) is 2.88. The second kappa shape index (κ2) is 7.17. The van der Waals surface area contributed by atoms with Gasteiger partial charge in [0, 0.05) is 44.6 Å². The van der Waals surface area contributed by atoms with Gasteiger partial charge >= 0.3 is 0 Å². The molecule has 0 unspecified atom stereocenters. The van der Waals surface area contributed by atoms with E-state index in [-0.39, 0.29) is 17.9 Å². The van der Waals surface area contributed by atoms with Crippen molar-refractivity contribution in [2.24, 2.45) is 0 Å². The molecule has 21 heavy (non-hydrogen) atoms. The molecule has 1 fully saturated rings. The molecule has 1 N–H and O–H groups in total. The molecule has 2 amide bonds. The minimum atomic E-state index is 0.00869. The smallest absolute Gasteiger partial charge is 0.255 e. The van der Waals surface area contributed by atoms with Crippen LogP contribution in [0, 0.1) is 0 Å². The molecule has 0 spiro atoms. The van der Waals surface area contributed by atoms with E-state index >= 15 is 0 Å². The third kappa shape index (κ3) is 4.53. The number of hydrogen-bond donors (Lipinski definition) is 1. The van der Waals surface area contributed by atoms with E-state index in [9.17, 15) is 9.59 Å². The van der Waals surface area contributed by atoms with Crippen LogP contribution in [0.1, 0.15) is 24.2 Å². The molecule has 0 atom stereocenters. The third-order valence-corrected chi connectivity index (χ3v) is 3.38. The van der Waals surface area contributed by atoms with Crippen molar-refractivity contribution < 1.29 is 9.59 Å². The molecule has 6 nitrogen and oxygen atoms in total. The molecule has 0 radical (unpaired) electrons. The summed E-state index contributed by atoms with van der Waals surface area (Å²) in [4.78, 5) is 31.8. The van der Waals surface area contributed by atoms with Gasteiger partial charge in [-0.3, -0.25) is 19.5 Å². The quantitative estimate of drug-likeness (QED) is 0.870. The SMILES string of the molecule is CC(C)NC(=O)CN1CCN(C(=O)c2cccnc2)CC1. The second-order valence-electron chi connectivity index (χ2n) is 5.53. The van der Waals surface area contributed by atoms with Crippen LogP contribution in [0.25, 0.3) is 0 Å². The van der Waals surface area contributed by atoms with Gasteiger partial charge in [0.25, 0.3) is 5.91 Å². The zero-order valence-corrected chi connectivity index (χ0v) is 12.6. The molecule has 1 aromatic rings. The van der Waals surface area contributed by atoms with Crippen LogP contribution in [0.15, 0.2) is 24.5 Å². The van der Waals surface area contributed by atoms with Crippen molar-refractivity contribution in [3.8, 4) is 0 Å². The topological polar surface area (TPSA) is 65.5 Å². The molecular formula is C15H22N4O2. The minimum Gasteiger partial charge on any atom is -0.353 e. The van der Waals surface area contributed by atoms with Gasteiger partial charge in [0.2, 0.25) is 5.91 Å². The van der Waals surface area contributed by atoms with Crippen LogP contribution in [0.4, 0.5) is 0 Å². The van der Waals surface area contributed by atoms with Crippen LogP contribution in [0.5, 0.6) is 0 Å². The maximum atomic E-state index is 12.3. The van der Waals surface area contributed by atoms with Crippen molar-refractivity contribution in [1.29, 1.82) is 0 Å². The first kappa shape index (κ1) is 15.4. The van der Waals surface area contributed by atoms with Gasteiger partial charge in [0.15, 0.2) is 0 Å². The lowest BCUT2D eigenvalue weighted by atomic mass is 10.2. The largest absolute Gasteiger partial charge is 0.353 e. The number of amides is 2. The van der Waals surface area contributed by atoms with Gasteiger partial charge in [-0.05, 0) is 26.0 Å². The molecule has 1 saturated heterocycles. The average Bonchev–Trinajstić information content (AvgIpc) is 2.47. The van der Waals surface area contributed by atoms with E-state index in [0.717, 1.165) is 13.1 Å². The normalized spacial score (nSPS) is 16.0. The lowest BCUT2D eigenvalue weighted by Gasteiger charge is -2.34. The number of carbonyl (C=O) groups excluding carboxylic acids is 2. The Bertz CT molecular complexity index is 482. The predicted octanol–water partition coefficient (Wildman–Crippen LogP) is 0.364. The molecule has 1 aliphatic heterocycles. The lowest BCUT2D eigenvalue weighted by Crippen LogP contribution is -2.51. The van der Waals surface area contributed by atoms with Crippen LogP contribution >= 0.6 is 0 Å². The first-order valence-corrected chi connectivity index (χ1v) is 7.27. The van der Waals surface area contributed by atoms with Gasteiger partial charge in [0.1, 0.15) is 0 Å². The highest BCUT2D eigenvalue weighted by Crippen LogP contribution is 2.07. The Balaban J connectivity index is 1.81.